The van der Waals surface area contributed by atoms with E-state index in [0.717, 1.165) is 18.6 Å². The fourth-order valence-corrected chi connectivity index (χ4v) is 2.87. The van der Waals surface area contributed by atoms with Crippen LogP contribution in [0.4, 0.5) is 0 Å². The van der Waals surface area contributed by atoms with Crippen LogP contribution in [0.5, 0.6) is 0 Å². The van der Waals surface area contributed by atoms with Gasteiger partial charge in [-0.3, -0.25) is 9.59 Å². The fraction of sp³-hybridized carbons (Fsp3) is 0.647. The van der Waals surface area contributed by atoms with Crippen LogP contribution >= 0.6 is 12.4 Å². The molecule has 8 heteroatoms. The molecule has 1 aromatic rings. The van der Waals surface area contributed by atoms with Crippen LogP contribution < -0.4 is 10.6 Å². The number of carbonyl (C=O) groups excluding carboxylic acids is 2. The lowest BCUT2D eigenvalue weighted by atomic mass is 10.0. The summed E-state index contributed by atoms with van der Waals surface area (Å²) in [4.78, 5) is 26.2. The van der Waals surface area contributed by atoms with Crippen LogP contribution in [-0.4, -0.2) is 62.7 Å². The van der Waals surface area contributed by atoms with Gasteiger partial charge in [-0.15, -0.1) is 12.4 Å². The van der Waals surface area contributed by atoms with Gasteiger partial charge in [-0.2, -0.15) is 0 Å². The van der Waals surface area contributed by atoms with Gasteiger partial charge in [0.1, 0.15) is 11.5 Å². The molecule has 0 aromatic carbocycles. The first-order chi connectivity index (χ1) is 11.5. The minimum absolute atomic E-state index is 0. The van der Waals surface area contributed by atoms with Gasteiger partial charge in [-0.05, 0) is 32.8 Å². The van der Waals surface area contributed by atoms with Crippen LogP contribution in [0.3, 0.4) is 0 Å². The van der Waals surface area contributed by atoms with Crippen LogP contribution in [-0.2, 0) is 9.53 Å². The Hall–Kier alpha value is -1.57. The van der Waals surface area contributed by atoms with Gasteiger partial charge in [0.05, 0.1) is 18.7 Å². The van der Waals surface area contributed by atoms with Crippen LogP contribution in [0.2, 0.25) is 0 Å². The van der Waals surface area contributed by atoms with E-state index in [4.69, 9.17) is 9.15 Å². The topological polar surface area (TPSA) is 83.8 Å². The first-order valence-corrected chi connectivity index (χ1v) is 8.36. The average Bonchev–Trinajstić information content (AvgIpc) is 2.90. The van der Waals surface area contributed by atoms with Crippen molar-refractivity contribution >= 4 is 24.2 Å². The highest BCUT2D eigenvalue weighted by atomic mass is 35.5. The average molecular weight is 374 g/mol. The fourth-order valence-electron chi connectivity index (χ4n) is 2.87. The van der Waals surface area contributed by atoms with Gasteiger partial charge in [-0.1, -0.05) is 0 Å². The van der Waals surface area contributed by atoms with Crippen molar-refractivity contribution in [2.45, 2.75) is 32.7 Å². The quantitative estimate of drug-likeness (QED) is 0.703. The number of piperidine rings is 1. The second-order valence-corrected chi connectivity index (χ2v) is 6.13. The molecule has 1 saturated heterocycles. The Kier molecular flexibility index (Phi) is 8.96. The van der Waals surface area contributed by atoms with E-state index in [-0.39, 0.29) is 30.3 Å². The van der Waals surface area contributed by atoms with E-state index in [1.807, 2.05) is 11.8 Å². The summed E-state index contributed by atoms with van der Waals surface area (Å²) in [6.07, 6.45) is 1.54. The number of ether oxygens (including phenoxy) is 1. The second-order valence-electron chi connectivity index (χ2n) is 6.13. The molecule has 0 aliphatic carbocycles. The molecule has 25 heavy (non-hydrogen) atoms. The molecule has 0 bridgehead atoms. The zero-order chi connectivity index (χ0) is 17.5. The molecule has 7 nitrogen and oxygen atoms in total. The smallest absolute Gasteiger partial charge is 0.255 e. The maximum atomic E-state index is 12.3. The zero-order valence-corrected chi connectivity index (χ0v) is 15.9. The molecule has 1 aromatic heterocycles. The third-order valence-corrected chi connectivity index (χ3v) is 4.23. The molecule has 1 aliphatic heterocycles. The van der Waals surface area contributed by atoms with Crippen molar-refractivity contribution in [1.82, 2.24) is 15.5 Å². The highest BCUT2D eigenvalue weighted by molar-refractivity contribution is 5.95. The van der Waals surface area contributed by atoms with Gasteiger partial charge >= 0.3 is 0 Å². The largest absolute Gasteiger partial charge is 0.466 e. The summed E-state index contributed by atoms with van der Waals surface area (Å²) in [6.45, 7) is 6.53. The number of rotatable bonds is 7. The molecule has 2 rings (SSSR count). The summed E-state index contributed by atoms with van der Waals surface area (Å²) in [7, 11) is 1.63. The van der Waals surface area contributed by atoms with E-state index in [0.29, 0.717) is 44.1 Å². The van der Waals surface area contributed by atoms with Crippen molar-refractivity contribution in [2.75, 3.05) is 39.9 Å². The predicted molar refractivity (Wildman–Crippen MR) is 97.2 cm³/mol. The SMILES string of the molecule is COCCNCC(=O)N1CCC(NC(=O)c2cc(C)oc2C)CC1.Cl. The standard InChI is InChI=1S/C17H27N3O4.ClH/c1-12-10-15(13(2)24-12)17(22)19-14-4-7-20(8-5-14)16(21)11-18-6-9-23-3;/h10,14,18H,4-9,11H2,1-3H3,(H,19,22);1H. The number of methoxy groups -OCH3 is 1. The van der Waals surface area contributed by atoms with Crippen molar-refractivity contribution in [2.24, 2.45) is 0 Å². The van der Waals surface area contributed by atoms with Crippen molar-refractivity contribution in [3.63, 3.8) is 0 Å². The Balaban J connectivity index is 0.00000312. The maximum Gasteiger partial charge on any atom is 0.255 e. The van der Waals surface area contributed by atoms with Crippen molar-refractivity contribution in [3.05, 3.63) is 23.2 Å². The highest BCUT2D eigenvalue weighted by Gasteiger charge is 2.24. The van der Waals surface area contributed by atoms with Crippen LogP contribution in [0.1, 0.15) is 34.7 Å². The number of carbonyl (C=O) groups is 2. The van der Waals surface area contributed by atoms with E-state index < -0.39 is 0 Å². The van der Waals surface area contributed by atoms with E-state index >= 15 is 0 Å². The Morgan fingerprint density at radius 2 is 2.00 bits per heavy atom. The molecule has 0 atom stereocenters. The molecule has 1 aliphatic rings. The van der Waals surface area contributed by atoms with Gasteiger partial charge in [0.15, 0.2) is 0 Å². The Morgan fingerprint density at radius 1 is 1.32 bits per heavy atom. The molecule has 0 radical (unpaired) electrons. The zero-order valence-electron chi connectivity index (χ0n) is 15.1. The predicted octanol–water partition coefficient (Wildman–Crippen LogP) is 1.28. The van der Waals surface area contributed by atoms with Gasteiger partial charge < -0.3 is 24.7 Å². The maximum absolute atomic E-state index is 12.3. The summed E-state index contributed by atoms with van der Waals surface area (Å²) in [5.74, 6) is 1.37. The van der Waals surface area contributed by atoms with Gasteiger partial charge in [0.2, 0.25) is 5.91 Å². The number of likely N-dealkylation sites (tertiary alicyclic amines) is 1. The minimum Gasteiger partial charge on any atom is -0.466 e. The van der Waals surface area contributed by atoms with Crippen LogP contribution in [0.15, 0.2) is 10.5 Å². The molecular weight excluding hydrogens is 346 g/mol. The van der Waals surface area contributed by atoms with Crippen molar-refractivity contribution < 1.29 is 18.7 Å². The highest BCUT2D eigenvalue weighted by Crippen LogP contribution is 2.16. The first kappa shape index (κ1) is 21.5. The first-order valence-electron chi connectivity index (χ1n) is 8.36. The summed E-state index contributed by atoms with van der Waals surface area (Å²) >= 11 is 0. The molecule has 0 unspecified atom stereocenters. The number of hydrogen-bond donors (Lipinski definition) is 2. The molecule has 0 spiro atoms. The monoisotopic (exact) mass is 373 g/mol. The third-order valence-electron chi connectivity index (χ3n) is 4.23. The Labute approximate surface area is 154 Å². The van der Waals surface area contributed by atoms with Crippen LogP contribution in [0, 0.1) is 13.8 Å². The summed E-state index contributed by atoms with van der Waals surface area (Å²) in [6, 6.07) is 1.85. The Bertz CT molecular complexity index is 568. The molecule has 142 valence electrons. The lowest BCUT2D eigenvalue weighted by molar-refractivity contribution is -0.131. The Morgan fingerprint density at radius 3 is 2.56 bits per heavy atom. The van der Waals surface area contributed by atoms with Gasteiger partial charge in [-0.25, -0.2) is 0 Å². The molecule has 2 N–H and O–H groups in total. The van der Waals surface area contributed by atoms with Gasteiger partial charge in [0.25, 0.3) is 5.91 Å². The van der Waals surface area contributed by atoms with Crippen molar-refractivity contribution in [3.8, 4) is 0 Å². The number of furan rings is 1. The van der Waals surface area contributed by atoms with E-state index in [9.17, 15) is 9.59 Å². The van der Waals surface area contributed by atoms with E-state index in [2.05, 4.69) is 10.6 Å². The molecule has 2 amide bonds. The lowest BCUT2D eigenvalue weighted by Crippen LogP contribution is -2.48. The third kappa shape index (κ3) is 6.34. The number of nitrogens with zero attached hydrogens (tertiary/aromatic N) is 1. The normalized spacial score (nSPS) is 14.9. The van der Waals surface area contributed by atoms with Crippen LogP contribution in [0.25, 0.3) is 0 Å². The molecular formula is C17H28ClN3O4. The molecule has 1 fully saturated rings. The number of hydrogen-bond acceptors (Lipinski definition) is 5. The minimum atomic E-state index is -0.102. The molecule has 0 saturated carbocycles. The summed E-state index contributed by atoms with van der Waals surface area (Å²) < 4.78 is 10.3. The lowest BCUT2D eigenvalue weighted by Gasteiger charge is -2.32. The van der Waals surface area contributed by atoms with E-state index in [1.54, 1.807) is 20.1 Å². The number of halogens is 1. The molecule has 2 heterocycles. The summed E-state index contributed by atoms with van der Waals surface area (Å²) in [5.41, 5.74) is 0.591. The van der Waals surface area contributed by atoms with E-state index in [1.165, 1.54) is 0 Å². The number of nitrogens with one attached hydrogen (secondary N) is 2. The second kappa shape index (κ2) is 10.4. The van der Waals surface area contributed by atoms with Crippen molar-refractivity contribution in [1.29, 1.82) is 0 Å². The van der Waals surface area contributed by atoms with Gasteiger partial charge in [0, 0.05) is 32.8 Å². The number of aryl methyl sites for hydroxylation is 2. The number of amides is 2. The summed E-state index contributed by atoms with van der Waals surface area (Å²) in [5, 5.41) is 6.10.